The molecule has 0 aliphatic heterocycles. The van der Waals surface area contributed by atoms with Crippen LogP contribution >= 0.6 is 0 Å². The van der Waals surface area contributed by atoms with Crippen LogP contribution in [0.15, 0.2) is 6.33 Å². The molecule has 23 heavy (non-hydrogen) atoms. The number of aromatic nitrogens is 3. The highest BCUT2D eigenvalue weighted by Crippen LogP contribution is 2.06. The summed E-state index contributed by atoms with van der Waals surface area (Å²) < 4.78 is 4.61. The quantitative estimate of drug-likeness (QED) is 0.289. The molecule has 0 aliphatic carbocycles. The molecule has 0 radical (unpaired) electrons. The summed E-state index contributed by atoms with van der Waals surface area (Å²) in [7, 11) is 1.26. The van der Waals surface area contributed by atoms with E-state index in [9.17, 15) is 9.59 Å². The molecule has 4 N–H and O–H groups in total. The van der Waals surface area contributed by atoms with Crippen molar-refractivity contribution in [1.29, 1.82) is 0 Å². The second kappa shape index (κ2) is 9.74. The first-order chi connectivity index (χ1) is 11.0. The molecule has 0 saturated heterocycles. The van der Waals surface area contributed by atoms with Crippen LogP contribution in [0.5, 0.6) is 0 Å². The number of esters is 1. The van der Waals surface area contributed by atoms with Crippen LogP contribution in [0, 0.1) is 0 Å². The zero-order valence-electron chi connectivity index (χ0n) is 13.4. The van der Waals surface area contributed by atoms with Gasteiger partial charge in [0.2, 0.25) is 0 Å². The fourth-order valence-corrected chi connectivity index (χ4v) is 1.98. The van der Waals surface area contributed by atoms with Crippen LogP contribution in [0.4, 0.5) is 4.79 Å². The van der Waals surface area contributed by atoms with Gasteiger partial charge in [-0.1, -0.05) is 6.92 Å². The Bertz CT molecular complexity index is 481. The lowest BCUT2D eigenvalue weighted by atomic mass is 10.1. The van der Waals surface area contributed by atoms with Crippen molar-refractivity contribution in [2.75, 3.05) is 7.11 Å². The maximum Gasteiger partial charge on any atom is 0.328 e. The Balaban J connectivity index is 2.57. The number of hydrogen-bond acceptors (Lipinski definition) is 7. The predicted octanol–water partition coefficient (Wildman–Crippen LogP) is 0.235. The molecule has 1 aromatic heterocycles. The number of ether oxygens (including phenoxy) is 1. The van der Waals surface area contributed by atoms with Crippen molar-refractivity contribution in [2.24, 2.45) is 0 Å². The van der Waals surface area contributed by atoms with E-state index in [1.165, 1.54) is 13.4 Å². The third kappa shape index (κ3) is 6.20. The number of H-pyrrole nitrogens is 1. The minimum Gasteiger partial charge on any atom is -0.467 e. The van der Waals surface area contributed by atoms with Crippen molar-refractivity contribution in [3.8, 4) is 0 Å². The minimum absolute atomic E-state index is 0.398. The Morgan fingerprint density at radius 1 is 1.43 bits per heavy atom. The lowest BCUT2D eigenvalue weighted by Gasteiger charge is -2.24. The van der Waals surface area contributed by atoms with Crippen LogP contribution in [0.25, 0.3) is 0 Å². The van der Waals surface area contributed by atoms with Gasteiger partial charge in [-0.05, 0) is 19.8 Å². The number of nitrogens with one attached hydrogen (secondary N) is 3. The standard InChI is InChI=1S/C13H23N5O5/c1-4-9(12(19)22-3)16-13(20)17-10(8(2)23-21)5-6-11-14-7-15-18-11/h7-10,21H,4-6H2,1-3H3,(H,14,15,18)(H2,16,17,20). The summed E-state index contributed by atoms with van der Waals surface area (Å²) in [5.74, 6) is 0.135. The van der Waals surface area contributed by atoms with Crippen LogP contribution in [0.1, 0.15) is 32.5 Å². The summed E-state index contributed by atoms with van der Waals surface area (Å²) >= 11 is 0. The Morgan fingerprint density at radius 3 is 2.70 bits per heavy atom. The van der Waals surface area contributed by atoms with Crippen LogP contribution < -0.4 is 10.6 Å². The molecule has 1 aromatic rings. The molecule has 0 saturated carbocycles. The van der Waals surface area contributed by atoms with Crippen molar-refractivity contribution >= 4 is 12.0 Å². The number of hydrogen-bond donors (Lipinski definition) is 4. The van der Waals surface area contributed by atoms with Gasteiger partial charge < -0.3 is 20.4 Å². The fraction of sp³-hybridized carbons (Fsp3) is 0.692. The number of methoxy groups -OCH3 is 1. The second-order valence-corrected chi connectivity index (χ2v) is 4.99. The largest absolute Gasteiger partial charge is 0.467 e. The first kappa shape index (κ1) is 18.8. The molecule has 0 aliphatic rings. The molecule has 1 rings (SSSR count). The number of carbonyl (C=O) groups is 2. The third-order valence-electron chi connectivity index (χ3n) is 3.41. The topological polar surface area (TPSA) is 138 Å². The third-order valence-corrected chi connectivity index (χ3v) is 3.41. The summed E-state index contributed by atoms with van der Waals surface area (Å²) in [6, 6.07) is -1.77. The predicted molar refractivity (Wildman–Crippen MR) is 79.4 cm³/mol. The normalized spacial score (nSPS) is 14.6. The van der Waals surface area contributed by atoms with Crippen molar-refractivity contribution in [3.63, 3.8) is 0 Å². The Morgan fingerprint density at radius 2 is 2.17 bits per heavy atom. The Labute approximate surface area is 133 Å². The number of carbonyl (C=O) groups excluding carboxylic acids is 2. The van der Waals surface area contributed by atoms with Gasteiger partial charge in [0.1, 0.15) is 24.3 Å². The van der Waals surface area contributed by atoms with E-state index < -0.39 is 30.2 Å². The van der Waals surface area contributed by atoms with Crippen molar-refractivity contribution in [3.05, 3.63) is 12.2 Å². The minimum atomic E-state index is -0.736. The first-order valence-corrected chi connectivity index (χ1v) is 7.31. The van der Waals surface area contributed by atoms with Gasteiger partial charge in [0, 0.05) is 6.42 Å². The summed E-state index contributed by atoms with van der Waals surface area (Å²) in [5, 5.41) is 21.6. The smallest absolute Gasteiger partial charge is 0.328 e. The lowest BCUT2D eigenvalue weighted by Crippen LogP contribution is -2.52. The molecule has 3 atom stereocenters. The average molecular weight is 329 g/mol. The number of amides is 2. The van der Waals surface area contributed by atoms with Gasteiger partial charge in [0.05, 0.1) is 13.2 Å². The van der Waals surface area contributed by atoms with Crippen molar-refractivity contribution < 1.29 is 24.5 Å². The molecule has 130 valence electrons. The summed E-state index contributed by atoms with van der Waals surface area (Å²) in [4.78, 5) is 30.7. The van der Waals surface area contributed by atoms with Gasteiger partial charge >= 0.3 is 12.0 Å². The van der Waals surface area contributed by atoms with Crippen LogP contribution in [-0.4, -0.2) is 57.7 Å². The van der Waals surface area contributed by atoms with Crippen molar-refractivity contribution in [2.45, 2.75) is 51.3 Å². The molecular weight excluding hydrogens is 306 g/mol. The van der Waals surface area contributed by atoms with Crippen LogP contribution in [-0.2, 0) is 20.8 Å². The fourth-order valence-electron chi connectivity index (χ4n) is 1.98. The van der Waals surface area contributed by atoms with Gasteiger partial charge in [-0.2, -0.15) is 0 Å². The van der Waals surface area contributed by atoms with Gasteiger partial charge in [-0.15, -0.1) is 10.2 Å². The maximum atomic E-state index is 12.0. The summed E-state index contributed by atoms with van der Waals surface area (Å²) in [6.07, 6.45) is 2.18. The van der Waals surface area contributed by atoms with E-state index in [-0.39, 0.29) is 0 Å². The zero-order valence-corrected chi connectivity index (χ0v) is 13.4. The molecule has 0 fully saturated rings. The molecule has 2 amide bonds. The van der Waals surface area contributed by atoms with Crippen LogP contribution in [0.2, 0.25) is 0 Å². The van der Waals surface area contributed by atoms with Crippen LogP contribution in [0.3, 0.4) is 0 Å². The SMILES string of the molecule is CCC(NC(=O)NC(CCc1nnc[nH]1)C(C)OO)C(=O)OC. The second-order valence-electron chi connectivity index (χ2n) is 4.99. The summed E-state index contributed by atoms with van der Waals surface area (Å²) in [6.45, 7) is 3.37. The lowest BCUT2D eigenvalue weighted by molar-refractivity contribution is -0.279. The highest BCUT2D eigenvalue weighted by molar-refractivity contribution is 5.83. The van der Waals surface area contributed by atoms with Gasteiger partial charge in [0.15, 0.2) is 0 Å². The molecule has 0 bridgehead atoms. The van der Waals surface area contributed by atoms with E-state index >= 15 is 0 Å². The Kier molecular flexibility index (Phi) is 7.98. The first-order valence-electron chi connectivity index (χ1n) is 7.31. The van der Waals surface area contributed by atoms with E-state index in [2.05, 4.69) is 35.4 Å². The monoisotopic (exact) mass is 329 g/mol. The highest BCUT2D eigenvalue weighted by Gasteiger charge is 2.24. The molecule has 3 unspecified atom stereocenters. The number of rotatable bonds is 9. The van der Waals surface area contributed by atoms with E-state index in [0.29, 0.717) is 25.1 Å². The van der Waals surface area contributed by atoms with Crippen molar-refractivity contribution in [1.82, 2.24) is 25.8 Å². The summed E-state index contributed by atoms with van der Waals surface area (Å²) in [5.41, 5.74) is 0. The molecule has 0 aromatic carbocycles. The average Bonchev–Trinajstić information content (AvgIpc) is 3.08. The van der Waals surface area contributed by atoms with E-state index in [1.807, 2.05) is 0 Å². The molecule has 10 nitrogen and oxygen atoms in total. The van der Waals surface area contributed by atoms with E-state index in [1.54, 1.807) is 13.8 Å². The van der Waals surface area contributed by atoms with Gasteiger partial charge in [-0.25, -0.2) is 14.5 Å². The number of nitrogens with zero attached hydrogens (tertiary/aromatic N) is 2. The maximum absolute atomic E-state index is 12.0. The molecule has 10 heteroatoms. The molecular formula is C13H23N5O5. The zero-order chi connectivity index (χ0) is 17.2. The van der Waals surface area contributed by atoms with Gasteiger partial charge in [0.25, 0.3) is 0 Å². The van der Waals surface area contributed by atoms with Gasteiger partial charge in [-0.3, -0.25) is 5.26 Å². The number of aryl methyl sites for hydroxylation is 1. The number of urea groups is 1. The van der Waals surface area contributed by atoms with E-state index in [0.717, 1.165) is 0 Å². The molecule has 1 heterocycles. The van der Waals surface area contributed by atoms with E-state index in [4.69, 9.17) is 5.26 Å². The number of aromatic amines is 1. The molecule has 0 spiro atoms. The Hall–Kier alpha value is -2.20. The highest BCUT2D eigenvalue weighted by atomic mass is 17.1.